The standard InChI is InChI=1S/C13H19N3O2S/c1-18-11-10(16-6-7-19-12(16)15-11)8-14-13(9-17)4-2-3-5-13/h6-7,14,17H,2-5,8-9H2,1H3. The number of hydrogen-bond donors (Lipinski definition) is 2. The number of hydrogen-bond acceptors (Lipinski definition) is 5. The Bertz CT molecular complexity index is 557. The van der Waals surface area contributed by atoms with Crippen LogP contribution < -0.4 is 10.1 Å². The van der Waals surface area contributed by atoms with E-state index in [0.29, 0.717) is 12.4 Å². The van der Waals surface area contributed by atoms with Gasteiger partial charge in [0.25, 0.3) is 0 Å². The average Bonchev–Trinajstić information content (AvgIpc) is 3.12. The SMILES string of the molecule is COc1nc2sccn2c1CNC1(CO)CCCC1. The van der Waals surface area contributed by atoms with Crippen LogP contribution in [0.15, 0.2) is 11.6 Å². The molecule has 0 aliphatic heterocycles. The average molecular weight is 281 g/mol. The van der Waals surface area contributed by atoms with Crippen LogP contribution in [0.4, 0.5) is 0 Å². The third-order valence-electron chi connectivity index (χ3n) is 4.01. The topological polar surface area (TPSA) is 58.8 Å². The molecule has 0 bridgehead atoms. The van der Waals surface area contributed by atoms with E-state index in [-0.39, 0.29) is 12.1 Å². The fourth-order valence-electron chi connectivity index (χ4n) is 2.85. The van der Waals surface area contributed by atoms with Gasteiger partial charge in [-0.1, -0.05) is 12.8 Å². The van der Waals surface area contributed by atoms with Gasteiger partial charge in [-0.25, -0.2) is 0 Å². The number of aliphatic hydroxyl groups is 1. The highest BCUT2D eigenvalue weighted by Crippen LogP contribution is 2.30. The predicted molar refractivity (Wildman–Crippen MR) is 74.7 cm³/mol. The Labute approximate surface area is 116 Å². The van der Waals surface area contributed by atoms with E-state index in [2.05, 4.69) is 14.7 Å². The Balaban J connectivity index is 1.82. The Morgan fingerprint density at radius 2 is 2.32 bits per heavy atom. The van der Waals surface area contributed by atoms with Crippen molar-refractivity contribution in [1.29, 1.82) is 0 Å². The number of thiazole rings is 1. The third-order valence-corrected chi connectivity index (χ3v) is 4.77. The van der Waals surface area contributed by atoms with Crippen LogP contribution in [0, 0.1) is 0 Å². The molecule has 2 aromatic heterocycles. The monoisotopic (exact) mass is 281 g/mol. The van der Waals surface area contributed by atoms with Gasteiger partial charge in [0.1, 0.15) is 5.69 Å². The number of imidazole rings is 1. The summed E-state index contributed by atoms with van der Waals surface area (Å²) in [6.45, 7) is 0.864. The normalized spacial score (nSPS) is 18.2. The van der Waals surface area contributed by atoms with Crippen molar-refractivity contribution < 1.29 is 9.84 Å². The van der Waals surface area contributed by atoms with Crippen molar-refractivity contribution in [3.63, 3.8) is 0 Å². The molecule has 0 amide bonds. The molecule has 0 unspecified atom stereocenters. The van der Waals surface area contributed by atoms with Gasteiger partial charge in [-0.05, 0) is 12.8 Å². The number of fused-ring (bicyclic) bond motifs is 1. The van der Waals surface area contributed by atoms with E-state index in [4.69, 9.17) is 4.74 Å². The summed E-state index contributed by atoms with van der Waals surface area (Å²) in [5, 5.41) is 15.2. The Morgan fingerprint density at radius 3 is 3.00 bits per heavy atom. The fourth-order valence-corrected chi connectivity index (χ4v) is 3.58. The molecule has 1 aliphatic rings. The summed E-state index contributed by atoms with van der Waals surface area (Å²) in [6.07, 6.45) is 6.46. The number of aromatic nitrogens is 2. The van der Waals surface area contributed by atoms with Gasteiger partial charge in [-0.15, -0.1) is 11.3 Å². The summed E-state index contributed by atoms with van der Waals surface area (Å²) < 4.78 is 7.39. The van der Waals surface area contributed by atoms with Gasteiger partial charge in [0, 0.05) is 23.7 Å². The number of ether oxygens (including phenoxy) is 1. The second kappa shape index (κ2) is 5.11. The highest BCUT2D eigenvalue weighted by Gasteiger charge is 2.33. The molecule has 0 atom stereocenters. The maximum atomic E-state index is 9.63. The lowest BCUT2D eigenvalue weighted by Crippen LogP contribution is -2.45. The Hall–Kier alpha value is -1.11. The molecule has 0 spiro atoms. The van der Waals surface area contributed by atoms with Crippen molar-refractivity contribution in [2.45, 2.75) is 37.8 Å². The molecule has 2 heterocycles. The van der Waals surface area contributed by atoms with Crippen LogP contribution in [0.25, 0.3) is 4.96 Å². The first kappa shape index (κ1) is 12.9. The third kappa shape index (κ3) is 2.24. The van der Waals surface area contributed by atoms with Crippen molar-refractivity contribution in [3.05, 3.63) is 17.3 Å². The molecule has 19 heavy (non-hydrogen) atoms. The van der Waals surface area contributed by atoms with E-state index >= 15 is 0 Å². The smallest absolute Gasteiger partial charge is 0.237 e. The molecule has 0 radical (unpaired) electrons. The van der Waals surface area contributed by atoms with Crippen LogP contribution in [-0.2, 0) is 6.54 Å². The van der Waals surface area contributed by atoms with Crippen molar-refractivity contribution in [2.24, 2.45) is 0 Å². The number of nitrogens with one attached hydrogen (secondary N) is 1. The summed E-state index contributed by atoms with van der Waals surface area (Å²) in [5.74, 6) is 0.672. The van der Waals surface area contributed by atoms with Gasteiger partial charge >= 0.3 is 0 Å². The van der Waals surface area contributed by atoms with Gasteiger partial charge in [-0.3, -0.25) is 4.40 Å². The van der Waals surface area contributed by atoms with Gasteiger partial charge in [0.15, 0.2) is 4.96 Å². The zero-order valence-electron chi connectivity index (χ0n) is 11.1. The van der Waals surface area contributed by atoms with E-state index in [1.807, 2.05) is 11.6 Å². The van der Waals surface area contributed by atoms with Crippen LogP contribution in [0.5, 0.6) is 5.88 Å². The summed E-state index contributed by atoms with van der Waals surface area (Å²) in [7, 11) is 1.65. The van der Waals surface area contributed by atoms with E-state index in [1.165, 1.54) is 12.8 Å². The lowest BCUT2D eigenvalue weighted by atomic mass is 9.99. The summed E-state index contributed by atoms with van der Waals surface area (Å²) in [5.41, 5.74) is 0.907. The minimum Gasteiger partial charge on any atom is -0.480 e. The van der Waals surface area contributed by atoms with Crippen LogP contribution in [0.3, 0.4) is 0 Å². The van der Waals surface area contributed by atoms with Crippen molar-refractivity contribution >= 4 is 16.3 Å². The van der Waals surface area contributed by atoms with E-state index in [1.54, 1.807) is 18.4 Å². The number of methoxy groups -OCH3 is 1. The van der Waals surface area contributed by atoms with Crippen LogP contribution in [0.2, 0.25) is 0 Å². The molecule has 3 rings (SSSR count). The minimum absolute atomic E-state index is 0.120. The van der Waals surface area contributed by atoms with Crippen LogP contribution >= 0.6 is 11.3 Å². The highest BCUT2D eigenvalue weighted by atomic mass is 32.1. The van der Waals surface area contributed by atoms with E-state index in [9.17, 15) is 5.11 Å². The summed E-state index contributed by atoms with van der Waals surface area (Å²) in [4.78, 5) is 5.38. The maximum Gasteiger partial charge on any atom is 0.237 e. The molecule has 2 N–H and O–H groups in total. The molecule has 1 aliphatic carbocycles. The lowest BCUT2D eigenvalue weighted by Gasteiger charge is -2.28. The Kier molecular flexibility index (Phi) is 3.47. The van der Waals surface area contributed by atoms with Crippen molar-refractivity contribution in [3.8, 4) is 5.88 Å². The van der Waals surface area contributed by atoms with Crippen molar-refractivity contribution in [2.75, 3.05) is 13.7 Å². The zero-order chi connectivity index (χ0) is 13.3. The molecule has 0 saturated heterocycles. The second-order valence-corrected chi connectivity index (χ2v) is 6.00. The molecule has 2 aromatic rings. The number of nitrogens with zero attached hydrogens (tertiary/aromatic N) is 2. The fraction of sp³-hybridized carbons (Fsp3) is 0.615. The highest BCUT2D eigenvalue weighted by molar-refractivity contribution is 7.15. The van der Waals surface area contributed by atoms with E-state index in [0.717, 1.165) is 23.5 Å². The lowest BCUT2D eigenvalue weighted by molar-refractivity contribution is 0.162. The van der Waals surface area contributed by atoms with Gasteiger partial charge in [-0.2, -0.15) is 4.98 Å². The maximum absolute atomic E-state index is 9.63. The number of aliphatic hydroxyl groups excluding tert-OH is 1. The Morgan fingerprint density at radius 1 is 1.53 bits per heavy atom. The van der Waals surface area contributed by atoms with Crippen LogP contribution in [-0.4, -0.2) is 33.7 Å². The molecule has 5 nitrogen and oxygen atoms in total. The molecule has 104 valence electrons. The summed E-state index contributed by atoms with van der Waals surface area (Å²) in [6, 6.07) is 0. The molecular formula is C13H19N3O2S. The molecule has 0 aromatic carbocycles. The minimum atomic E-state index is -0.120. The molecule has 1 fully saturated rings. The van der Waals surface area contributed by atoms with Gasteiger partial charge < -0.3 is 15.2 Å². The molecule has 6 heteroatoms. The van der Waals surface area contributed by atoms with Crippen LogP contribution in [0.1, 0.15) is 31.4 Å². The first-order valence-corrected chi connectivity index (χ1v) is 7.50. The van der Waals surface area contributed by atoms with Gasteiger partial charge in [0.2, 0.25) is 5.88 Å². The molecule has 1 saturated carbocycles. The second-order valence-electron chi connectivity index (χ2n) is 5.12. The van der Waals surface area contributed by atoms with Gasteiger partial charge in [0.05, 0.1) is 13.7 Å². The first-order chi connectivity index (χ1) is 9.28. The number of rotatable bonds is 5. The summed E-state index contributed by atoms with van der Waals surface area (Å²) >= 11 is 1.60. The predicted octanol–water partition coefficient (Wildman–Crippen LogP) is 1.80. The first-order valence-electron chi connectivity index (χ1n) is 6.62. The van der Waals surface area contributed by atoms with E-state index < -0.39 is 0 Å². The van der Waals surface area contributed by atoms with Crippen molar-refractivity contribution in [1.82, 2.24) is 14.7 Å². The quantitative estimate of drug-likeness (QED) is 0.877. The largest absolute Gasteiger partial charge is 0.480 e. The molecular weight excluding hydrogens is 262 g/mol. The zero-order valence-corrected chi connectivity index (χ0v) is 11.9.